The Balaban J connectivity index is 2.15. The highest BCUT2D eigenvalue weighted by molar-refractivity contribution is 5.46. The van der Waals surface area contributed by atoms with Crippen LogP contribution in [0.2, 0.25) is 0 Å². The van der Waals surface area contributed by atoms with Gasteiger partial charge in [0, 0.05) is 25.5 Å². The molecule has 0 saturated carbocycles. The molecular weight excluding hydrogens is 243 g/mol. The van der Waals surface area contributed by atoms with Gasteiger partial charge in [0.2, 0.25) is 0 Å². The van der Waals surface area contributed by atoms with E-state index >= 15 is 0 Å². The Bertz CT molecular complexity index is 524. The SMILES string of the molecule is Cn1ccc(CN(CCCN)c2cccc(F)c2)n1. The van der Waals surface area contributed by atoms with Crippen LogP contribution < -0.4 is 10.6 Å². The van der Waals surface area contributed by atoms with E-state index in [1.165, 1.54) is 6.07 Å². The predicted molar refractivity (Wildman–Crippen MR) is 74.3 cm³/mol. The third-order valence-electron chi connectivity index (χ3n) is 2.93. The van der Waals surface area contributed by atoms with Crippen LogP contribution in [0.3, 0.4) is 0 Å². The molecule has 102 valence electrons. The molecule has 0 unspecified atom stereocenters. The van der Waals surface area contributed by atoms with E-state index in [1.807, 2.05) is 25.4 Å². The second-order valence-corrected chi connectivity index (χ2v) is 4.52. The Kier molecular flexibility index (Phi) is 4.52. The molecule has 0 saturated heterocycles. The summed E-state index contributed by atoms with van der Waals surface area (Å²) in [5, 5.41) is 4.36. The van der Waals surface area contributed by atoms with E-state index in [4.69, 9.17) is 5.73 Å². The fourth-order valence-corrected chi connectivity index (χ4v) is 2.00. The topological polar surface area (TPSA) is 47.1 Å². The Hall–Kier alpha value is -1.88. The number of benzene rings is 1. The van der Waals surface area contributed by atoms with Crippen molar-refractivity contribution in [2.24, 2.45) is 12.8 Å². The number of anilines is 1. The molecule has 0 amide bonds. The molecule has 0 fully saturated rings. The molecule has 0 spiro atoms. The van der Waals surface area contributed by atoms with Gasteiger partial charge in [-0.1, -0.05) is 6.07 Å². The average Bonchev–Trinajstić information content (AvgIpc) is 2.80. The van der Waals surface area contributed by atoms with E-state index in [0.29, 0.717) is 13.1 Å². The van der Waals surface area contributed by atoms with Gasteiger partial charge in [-0.2, -0.15) is 5.10 Å². The van der Waals surface area contributed by atoms with Crippen molar-refractivity contribution in [3.8, 4) is 0 Å². The molecule has 0 atom stereocenters. The van der Waals surface area contributed by atoms with Crippen LogP contribution in [0.15, 0.2) is 36.5 Å². The highest BCUT2D eigenvalue weighted by Gasteiger charge is 2.09. The molecule has 2 N–H and O–H groups in total. The minimum atomic E-state index is -0.226. The van der Waals surface area contributed by atoms with Gasteiger partial charge < -0.3 is 10.6 Å². The molecule has 0 aliphatic rings. The largest absolute Gasteiger partial charge is 0.365 e. The van der Waals surface area contributed by atoms with Gasteiger partial charge in [-0.3, -0.25) is 4.68 Å². The van der Waals surface area contributed by atoms with Crippen LogP contribution in [0.25, 0.3) is 0 Å². The van der Waals surface area contributed by atoms with E-state index in [-0.39, 0.29) is 5.82 Å². The number of nitrogens with two attached hydrogens (primary N) is 1. The van der Waals surface area contributed by atoms with Crippen molar-refractivity contribution < 1.29 is 4.39 Å². The first-order chi connectivity index (χ1) is 9.19. The van der Waals surface area contributed by atoms with Gasteiger partial charge in [-0.25, -0.2) is 4.39 Å². The van der Waals surface area contributed by atoms with E-state index in [9.17, 15) is 4.39 Å². The van der Waals surface area contributed by atoms with Crippen LogP contribution in [-0.2, 0) is 13.6 Å². The molecule has 2 rings (SSSR count). The summed E-state index contributed by atoms with van der Waals surface area (Å²) in [4.78, 5) is 2.10. The quantitative estimate of drug-likeness (QED) is 0.865. The molecule has 5 heteroatoms. The van der Waals surface area contributed by atoms with Crippen LogP contribution in [0.1, 0.15) is 12.1 Å². The summed E-state index contributed by atoms with van der Waals surface area (Å²) in [5.74, 6) is -0.226. The summed E-state index contributed by atoms with van der Waals surface area (Å²) in [6.45, 7) is 2.06. The Morgan fingerprint density at radius 2 is 2.21 bits per heavy atom. The minimum Gasteiger partial charge on any atom is -0.365 e. The second-order valence-electron chi connectivity index (χ2n) is 4.52. The first-order valence-corrected chi connectivity index (χ1v) is 6.38. The molecule has 19 heavy (non-hydrogen) atoms. The molecule has 0 radical (unpaired) electrons. The maximum atomic E-state index is 13.3. The van der Waals surface area contributed by atoms with Crippen molar-refractivity contribution in [2.75, 3.05) is 18.0 Å². The van der Waals surface area contributed by atoms with Gasteiger partial charge in [0.15, 0.2) is 0 Å². The Labute approximate surface area is 112 Å². The molecule has 0 aliphatic heterocycles. The van der Waals surface area contributed by atoms with Crippen LogP contribution >= 0.6 is 0 Å². The lowest BCUT2D eigenvalue weighted by Crippen LogP contribution is -2.26. The highest BCUT2D eigenvalue weighted by atomic mass is 19.1. The Morgan fingerprint density at radius 3 is 2.84 bits per heavy atom. The van der Waals surface area contributed by atoms with Crippen molar-refractivity contribution in [2.45, 2.75) is 13.0 Å². The van der Waals surface area contributed by atoms with Crippen molar-refractivity contribution in [3.63, 3.8) is 0 Å². The van der Waals surface area contributed by atoms with Crippen LogP contribution in [-0.4, -0.2) is 22.9 Å². The highest BCUT2D eigenvalue weighted by Crippen LogP contribution is 2.18. The number of nitrogens with zero attached hydrogens (tertiary/aromatic N) is 3. The third kappa shape index (κ3) is 3.79. The van der Waals surface area contributed by atoms with Crippen LogP contribution in [0.5, 0.6) is 0 Å². The molecule has 4 nitrogen and oxygen atoms in total. The molecule has 2 aromatic rings. The lowest BCUT2D eigenvalue weighted by molar-refractivity contribution is 0.624. The van der Waals surface area contributed by atoms with Crippen molar-refractivity contribution >= 4 is 5.69 Å². The van der Waals surface area contributed by atoms with Gasteiger partial charge in [0.1, 0.15) is 5.82 Å². The summed E-state index contributed by atoms with van der Waals surface area (Å²) in [5.41, 5.74) is 7.38. The monoisotopic (exact) mass is 262 g/mol. The smallest absolute Gasteiger partial charge is 0.125 e. The summed E-state index contributed by atoms with van der Waals surface area (Å²) in [7, 11) is 1.88. The first kappa shape index (κ1) is 13.5. The van der Waals surface area contributed by atoms with Crippen molar-refractivity contribution in [1.29, 1.82) is 0 Å². The van der Waals surface area contributed by atoms with Gasteiger partial charge in [0.25, 0.3) is 0 Å². The fourth-order valence-electron chi connectivity index (χ4n) is 2.00. The van der Waals surface area contributed by atoms with E-state index in [0.717, 1.165) is 24.3 Å². The summed E-state index contributed by atoms with van der Waals surface area (Å²) in [6, 6.07) is 8.58. The molecule has 0 aliphatic carbocycles. The third-order valence-corrected chi connectivity index (χ3v) is 2.93. The molecular formula is C14H19FN4. The van der Waals surface area contributed by atoms with Gasteiger partial charge >= 0.3 is 0 Å². The predicted octanol–water partition coefficient (Wildman–Crippen LogP) is 1.91. The minimum absolute atomic E-state index is 0.226. The number of rotatable bonds is 6. The number of halogens is 1. The zero-order valence-electron chi connectivity index (χ0n) is 11.1. The number of hydrogen-bond acceptors (Lipinski definition) is 3. The second kappa shape index (κ2) is 6.33. The first-order valence-electron chi connectivity index (χ1n) is 6.38. The maximum absolute atomic E-state index is 13.3. The van der Waals surface area contributed by atoms with E-state index in [2.05, 4.69) is 10.00 Å². The van der Waals surface area contributed by atoms with Gasteiger partial charge in [-0.05, 0) is 37.2 Å². The van der Waals surface area contributed by atoms with Gasteiger partial charge in [0.05, 0.1) is 12.2 Å². The molecule has 1 heterocycles. The summed E-state index contributed by atoms with van der Waals surface area (Å²) < 4.78 is 15.1. The normalized spacial score (nSPS) is 10.7. The average molecular weight is 262 g/mol. The van der Waals surface area contributed by atoms with Crippen LogP contribution in [0.4, 0.5) is 10.1 Å². The zero-order valence-corrected chi connectivity index (χ0v) is 11.1. The lowest BCUT2D eigenvalue weighted by Gasteiger charge is -2.23. The number of aromatic nitrogens is 2. The maximum Gasteiger partial charge on any atom is 0.125 e. The van der Waals surface area contributed by atoms with Crippen LogP contribution in [0, 0.1) is 5.82 Å². The number of aryl methyl sites for hydroxylation is 1. The molecule has 0 bridgehead atoms. The van der Waals surface area contributed by atoms with Gasteiger partial charge in [-0.15, -0.1) is 0 Å². The lowest BCUT2D eigenvalue weighted by atomic mass is 10.2. The molecule has 1 aromatic carbocycles. The van der Waals surface area contributed by atoms with E-state index in [1.54, 1.807) is 16.8 Å². The summed E-state index contributed by atoms with van der Waals surface area (Å²) in [6.07, 6.45) is 2.77. The standard InChI is InChI=1S/C14H19FN4/c1-18-9-6-13(17-18)11-19(8-3-7-16)14-5-2-4-12(15)10-14/h2,4-6,9-10H,3,7-8,11,16H2,1H3. The summed E-state index contributed by atoms with van der Waals surface area (Å²) >= 11 is 0. The molecule has 1 aromatic heterocycles. The van der Waals surface area contributed by atoms with Crippen molar-refractivity contribution in [3.05, 3.63) is 48.0 Å². The van der Waals surface area contributed by atoms with E-state index < -0.39 is 0 Å². The Morgan fingerprint density at radius 1 is 1.37 bits per heavy atom. The fraction of sp³-hybridized carbons (Fsp3) is 0.357. The van der Waals surface area contributed by atoms with Crippen molar-refractivity contribution in [1.82, 2.24) is 9.78 Å². The zero-order chi connectivity index (χ0) is 13.7. The number of hydrogen-bond donors (Lipinski definition) is 1.